The van der Waals surface area contributed by atoms with E-state index in [1.54, 1.807) is 26.1 Å². The first-order valence-electron chi connectivity index (χ1n) is 8.93. The Balaban J connectivity index is 2.46. The number of fused-ring (bicyclic) bond motifs is 1. The zero-order valence-electron chi connectivity index (χ0n) is 16.5. The van der Waals surface area contributed by atoms with Crippen LogP contribution in [-0.4, -0.2) is 81.2 Å². The average molecular weight is 479 g/mol. The molecule has 0 bridgehead atoms. The van der Waals surface area contributed by atoms with Crippen molar-refractivity contribution in [2.75, 3.05) is 40.5 Å². The molecule has 0 spiro atoms. The minimum atomic E-state index is -3.85. The molecule has 2 rings (SSSR count). The molecule has 3 atom stereocenters. The first-order valence-corrected chi connectivity index (χ1v) is 11.2. The molecule has 0 fully saturated rings. The number of aliphatic hydroxyl groups is 1. The van der Waals surface area contributed by atoms with Crippen molar-refractivity contribution in [2.45, 2.75) is 30.9 Å². The van der Waals surface area contributed by atoms with Crippen LogP contribution in [0.4, 0.5) is 0 Å². The van der Waals surface area contributed by atoms with E-state index in [0.717, 1.165) is 0 Å². The molecule has 0 aromatic heterocycles. The van der Waals surface area contributed by atoms with Crippen LogP contribution in [0.15, 0.2) is 27.6 Å². The Kier molecular flexibility index (Phi) is 7.86. The molecule has 28 heavy (non-hydrogen) atoms. The van der Waals surface area contributed by atoms with Gasteiger partial charge in [0.05, 0.1) is 13.2 Å². The molecular weight excluding hydrogens is 452 g/mol. The molecule has 1 amide bonds. The molecule has 10 heteroatoms. The van der Waals surface area contributed by atoms with Crippen molar-refractivity contribution in [2.24, 2.45) is 5.92 Å². The van der Waals surface area contributed by atoms with E-state index in [9.17, 15) is 18.3 Å². The Morgan fingerprint density at radius 1 is 1.50 bits per heavy atom. The fourth-order valence-electron chi connectivity index (χ4n) is 3.02. The standard InChI is InChI=1S/C18H27BrN2O6S/c1-12-8-21(13(2)10-22)28(24,25)17-6-5-14(19)7-15(17)27-16(12)9-20(3)18(23)11-26-4/h5-7,12-13,16,22H,8-11H2,1-4H3/t12-,13+,16+/m0/s1. The molecule has 1 aromatic carbocycles. The van der Waals surface area contributed by atoms with E-state index >= 15 is 0 Å². The van der Waals surface area contributed by atoms with Gasteiger partial charge in [-0.1, -0.05) is 22.9 Å². The fraction of sp³-hybridized carbons (Fsp3) is 0.611. The van der Waals surface area contributed by atoms with Gasteiger partial charge in [-0.05, 0) is 25.1 Å². The monoisotopic (exact) mass is 478 g/mol. The number of carbonyl (C=O) groups is 1. The van der Waals surface area contributed by atoms with Crippen LogP contribution < -0.4 is 4.74 Å². The molecule has 158 valence electrons. The van der Waals surface area contributed by atoms with Gasteiger partial charge < -0.3 is 19.5 Å². The summed E-state index contributed by atoms with van der Waals surface area (Å²) >= 11 is 3.35. The number of benzene rings is 1. The summed E-state index contributed by atoms with van der Waals surface area (Å²) in [5, 5.41) is 9.59. The smallest absolute Gasteiger partial charge is 0.248 e. The Morgan fingerprint density at radius 3 is 2.79 bits per heavy atom. The van der Waals surface area contributed by atoms with E-state index in [4.69, 9.17) is 9.47 Å². The number of halogens is 1. The van der Waals surface area contributed by atoms with Crippen molar-refractivity contribution in [3.05, 3.63) is 22.7 Å². The number of methoxy groups -OCH3 is 1. The van der Waals surface area contributed by atoms with Gasteiger partial charge in [-0.25, -0.2) is 8.42 Å². The van der Waals surface area contributed by atoms with Crippen LogP contribution in [0.3, 0.4) is 0 Å². The van der Waals surface area contributed by atoms with E-state index in [-0.39, 0.29) is 48.8 Å². The zero-order chi connectivity index (χ0) is 21.1. The molecular formula is C18H27BrN2O6S. The Hall–Kier alpha value is -1.20. The number of rotatable bonds is 6. The van der Waals surface area contributed by atoms with Crippen molar-refractivity contribution in [3.63, 3.8) is 0 Å². The molecule has 8 nitrogen and oxygen atoms in total. The maximum Gasteiger partial charge on any atom is 0.248 e. The minimum Gasteiger partial charge on any atom is -0.487 e. The lowest BCUT2D eigenvalue weighted by molar-refractivity contribution is -0.135. The normalized spacial score (nSPS) is 23.1. The van der Waals surface area contributed by atoms with Crippen LogP contribution in [0.2, 0.25) is 0 Å². The SMILES string of the molecule is COCC(=O)N(C)C[C@H]1Oc2cc(Br)ccc2S(=O)(=O)N([C@H](C)CO)C[C@@H]1C. The Morgan fingerprint density at radius 2 is 2.18 bits per heavy atom. The summed E-state index contributed by atoms with van der Waals surface area (Å²) in [7, 11) is -0.746. The third-order valence-corrected chi connectivity index (χ3v) is 7.29. The highest BCUT2D eigenvalue weighted by Crippen LogP contribution is 2.35. The van der Waals surface area contributed by atoms with Crippen molar-refractivity contribution in [3.8, 4) is 5.75 Å². The highest BCUT2D eigenvalue weighted by Gasteiger charge is 2.38. The topological polar surface area (TPSA) is 96.4 Å². The largest absolute Gasteiger partial charge is 0.487 e. The quantitative estimate of drug-likeness (QED) is 0.662. The lowest BCUT2D eigenvalue weighted by Gasteiger charge is -2.37. The third-order valence-electron chi connectivity index (χ3n) is 4.78. The molecule has 1 heterocycles. The van der Waals surface area contributed by atoms with Gasteiger partial charge in [0.2, 0.25) is 15.9 Å². The highest BCUT2D eigenvalue weighted by molar-refractivity contribution is 9.10. The van der Waals surface area contributed by atoms with Gasteiger partial charge in [-0.2, -0.15) is 4.31 Å². The number of sulfonamides is 1. The molecule has 1 N–H and O–H groups in total. The van der Waals surface area contributed by atoms with E-state index in [1.807, 2.05) is 6.92 Å². The number of ether oxygens (including phenoxy) is 2. The average Bonchev–Trinajstić information content (AvgIpc) is 2.63. The molecule has 0 radical (unpaired) electrons. The summed E-state index contributed by atoms with van der Waals surface area (Å²) in [6.45, 7) is 3.63. The lowest BCUT2D eigenvalue weighted by Crippen LogP contribution is -2.50. The molecule has 0 saturated heterocycles. The first kappa shape index (κ1) is 23.1. The molecule has 1 aromatic rings. The van der Waals surface area contributed by atoms with Crippen molar-refractivity contribution >= 4 is 31.9 Å². The van der Waals surface area contributed by atoms with Gasteiger partial charge in [-0.15, -0.1) is 0 Å². The minimum absolute atomic E-state index is 0.0399. The van der Waals surface area contributed by atoms with Crippen molar-refractivity contribution < 1.29 is 27.8 Å². The summed E-state index contributed by atoms with van der Waals surface area (Å²) in [5.74, 6) is -0.203. The molecule has 0 aliphatic carbocycles. The summed E-state index contributed by atoms with van der Waals surface area (Å²) in [6, 6.07) is 4.14. The number of hydrogen-bond donors (Lipinski definition) is 1. The molecule has 1 aliphatic rings. The maximum absolute atomic E-state index is 13.2. The van der Waals surface area contributed by atoms with Gasteiger partial charge >= 0.3 is 0 Å². The van der Waals surface area contributed by atoms with E-state index < -0.39 is 22.2 Å². The molecule has 0 unspecified atom stereocenters. The molecule has 0 saturated carbocycles. The van der Waals surface area contributed by atoms with Crippen LogP contribution in [0, 0.1) is 5.92 Å². The lowest BCUT2D eigenvalue weighted by atomic mass is 10.0. The van der Waals surface area contributed by atoms with Gasteiger partial charge in [0.1, 0.15) is 23.4 Å². The van der Waals surface area contributed by atoms with Gasteiger partial charge in [0, 0.05) is 37.1 Å². The maximum atomic E-state index is 13.2. The van der Waals surface area contributed by atoms with Crippen molar-refractivity contribution in [1.82, 2.24) is 9.21 Å². The fourth-order valence-corrected chi connectivity index (χ4v) is 5.19. The zero-order valence-corrected chi connectivity index (χ0v) is 18.9. The number of likely N-dealkylation sites (N-methyl/N-ethyl adjacent to an activating group) is 1. The van der Waals surface area contributed by atoms with Crippen LogP contribution in [-0.2, 0) is 19.6 Å². The van der Waals surface area contributed by atoms with E-state index in [1.165, 1.54) is 22.4 Å². The van der Waals surface area contributed by atoms with E-state index in [0.29, 0.717) is 4.47 Å². The third kappa shape index (κ3) is 5.04. The summed E-state index contributed by atoms with van der Waals surface area (Å²) in [6.07, 6.45) is -0.442. The van der Waals surface area contributed by atoms with Gasteiger partial charge in [0.25, 0.3) is 0 Å². The van der Waals surface area contributed by atoms with Crippen LogP contribution in [0.5, 0.6) is 5.75 Å². The van der Waals surface area contributed by atoms with Crippen LogP contribution >= 0.6 is 15.9 Å². The van der Waals surface area contributed by atoms with Crippen LogP contribution in [0.25, 0.3) is 0 Å². The Bertz CT molecular complexity index is 803. The summed E-state index contributed by atoms with van der Waals surface area (Å²) in [4.78, 5) is 13.7. The number of hydrogen-bond acceptors (Lipinski definition) is 6. The molecule has 1 aliphatic heterocycles. The number of amides is 1. The second-order valence-corrected chi connectivity index (χ2v) is 9.81. The number of carbonyl (C=O) groups excluding carboxylic acids is 1. The van der Waals surface area contributed by atoms with Gasteiger partial charge in [-0.3, -0.25) is 4.79 Å². The second kappa shape index (κ2) is 9.53. The summed E-state index contributed by atoms with van der Waals surface area (Å²) in [5.41, 5.74) is 0. The number of aliphatic hydroxyl groups excluding tert-OH is 1. The predicted molar refractivity (Wildman–Crippen MR) is 108 cm³/mol. The van der Waals surface area contributed by atoms with E-state index in [2.05, 4.69) is 15.9 Å². The first-order chi connectivity index (χ1) is 13.1. The van der Waals surface area contributed by atoms with Gasteiger partial charge in [0.15, 0.2) is 0 Å². The van der Waals surface area contributed by atoms with Crippen molar-refractivity contribution in [1.29, 1.82) is 0 Å². The summed E-state index contributed by atoms with van der Waals surface area (Å²) < 4.78 is 39.4. The van der Waals surface area contributed by atoms with Crippen LogP contribution in [0.1, 0.15) is 13.8 Å². The predicted octanol–water partition coefficient (Wildman–Crippen LogP) is 1.32. The highest BCUT2D eigenvalue weighted by atomic mass is 79.9. The Labute approximate surface area is 174 Å². The number of nitrogens with zero attached hydrogens (tertiary/aromatic N) is 2. The second-order valence-electron chi connectivity index (χ2n) is 7.04.